The van der Waals surface area contributed by atoms with Crippen LogP contribution in [0.2, 0.25) is 0 Å². The third-order valence-corrected chi connectivity index (χ3v) is 1.87. The summed E-state index contributed by atoms with van der Waals surface area (Å²) in [5.41, 5.74) is 6.37. The van der Waals surface area contributed by atoms with Gasteiger partial charge in [0.05, 0.1) is 0 Å². The maximum Gasteiger partial charge on any atom is 0.127 e. The molecule has 1 aromatic rings. The average molecular weight is 179 g/mol. The number of anilines is 2. The predicted molar refractivity (Wildman–Crippen MR) is 56.7 cm³/mol. The molecule has 0 aliphatic rings. The summed E-state index contributed by atoms with van der Waals surface area (Å²) in [6.07, 6.45) is 5.41. The Morgan fingerprint density at radius 1 is 1.46 bits per heavy atom. The second-order valence-electron chi connectivity index (χ2n) is 3.11. The molecule has 1 aromatic heterocycles. The van der Waals surface area contributed by atoms with E-state index in [1.54, 1.807) is 12.3 Å². The van der Waals surface area contributed by atoms with Gasteiger partial charge in [-0.3, -0.25) is 0 Å². The highest BCUT2D eigenvalue weighted by Gasteiger charge is 1.92. The van der Waals surface area contributed by atoms with Crippen LogP contribution in [0.15, 0.2) is 18.3 Å². The maximum atomic E-state index is 5.61. The minimum absolute atomic E-state index is 0.757. The zero-order valence-corrected chi connectivity index (χ0v) is 8.09. The van der Waals surface area contributed by atoms with Crippen LogP contribution in [0.3, 0.4) is 0 Å². The van der Waals surface area contributed by atoms with Crippen LogP contribution in [0.5, 0.6) is 0 Å². The van der Waals surface area contributed by atoms with Gasteiger partial charge in [0.1, 0.15) is 5.82 Å². The predicted octanol–water partition coefficient (Wildman–Crippen LogP) is 2.27. The van der Waals surface area contributed by atoms with E-state index in [1.807, 2.05) is 6.07 Å². The molecule has 1 heterocycles. The van der Waals surface area contributed by atoms with Gasteiger partial charge in [0.15, 0.2) is 0 Å². The summed E-state index contributed by atoms with van der Waals surface area (Å²) in [5.74, 6) is 0.871. The van der Waals surface area contributed by atoms with E-state index in [9.17, 15) is 0 Å². The van der Waals surface area contributed by atoms with Crippen molar-refractivity contribution in [3.05, 3.63) is 18.3 Å². The minimum Gasteiger partial charge on any atom is -0.399 e. The molecule has 0 unspecified atom stereocenters. The molecule has 0 saturated carbocycles. The normalized spacial score (nSPS) is 9.92. The zero-order valence-electron chi connectivity index (χ0n) is 8.09. The summed E-state index contributed by atoms with van der Waals surface area (Å²) < 4.78 is 0. The fourth-order valence-electron chi connectivity index (χ4n) is 1.14. The van der Waals surface area contributed by atoms with Crippen molar-refractivity contribution in [3.63, 3.8) is 0 Å². The maximum absolute atomic E-state index is 5.61. The Kier molecular flexibility index (Phi) is 4.09. The van der Waals surface area contributed by atoms with Crippen LogP contribution < -0.4 is 11.1 Å². The first-order chi connectivity index (χ1) is 6.33. The summed E-state index contributed by atoms with van der Waals surface area (Å²) in [6.45, 7) is 3.17. The number of nitrogens with one attached hydrogen (secondary N) is 1. The SMILES string of the molecule is CCCCCNc1cc(N)ccn1. The average Bonchev–Trinajstić information content (AvgIpc) is 2.13. The number of unbranched alkanes of at least 4 members (excludes halogenated alkanes) is 2. The summed E-state index contributed by atoms with van der Waals surface area (Å²) in [5, 5.41) is 3.23. The molecule has 0 aliphatic carbocycles. The molecule has 0 spiro atoms. The number of hydrogen-bond donors (Lipinski definition) is 2. The lowest BCUT2D eigenvalue weighted by molar-refractivity contribution is 0.742. The molecule has 3 N–H and O–H groups in total. The Balaban J connectivity index is 2.28. The van der Waals surface area contributed by atoms with E-state index >= 15 is 0 Å². The van der Waals surface area contributed by atoms with E-state index < -0.39 is 0 Å². The minimum atomic E-state index is 0.757. The molecule has 3 nitrogen and oxygen atoms in total. The Morgan fingerprint density at radius 3 is 3.00 bits per heavy atom. The number of nitrogens with zero attached hydrogens (tertiary/aromatic N) is 1. The van der Waals surface area contributed by atoms with Gasteiger partial charge < -0.3 is 11.1 Å². The van der Waals surface area contributed by atoms with E-state index in [4.69, 9.17) is 5.73 Å². The van der Waals surface area contributed by atoms with Gasteiger partial charge in [-0.15, -0.1) is 0 Å². The van der Waals surface area contributed by atoms with Crippen LogP contribution in [-0.4, -0.2) is 11.5 Å². The molecule has 0 amide bonds. The summed E-state index contributed by atoms with van der Waals surface area (Å²) >= 11 is 0. The number of pyridine rings is 1. The second kappa shape index (κ2) is 5.41. The van der Waals surface area contributed by atoms with E-state index in [1.165, 1.54) is 19.3 Å². The summed E-state index contributed by atoms with van der Waals surface area (Å²) in [6, 6.07) is 3.64. The van der Waals surface area contributed by atoms with Gasteiger partial charge >= 0.3 is 0 Å². The van der Waals surface area contributed by atoms with Crippen molar-refractivity contribution in [2.24, 2.45) is 0 Å². The molecule has 1 rings (SSSR count). The molecule has 13 heavy (non-hydrogen) atoms. The smallest absolute Gasteiger partial charge is 0.127 e. The van der Waals surface area contributed by atoms with E-state index in [2.05, 4.69) is 17.2 Å². The molecule has 0 fully saturated rings. The van der Waals surface area contributed by atoms with Gasteiger partial charge in [0.25, 0.3) is 0 Å². The molecule has 0 aromatic carbocycles. The fraction of sp³-hybridized carbons (Fsp3) is 0.500. The van der Waals surface area contributed by atoms with Gasteiger partial charge in [-0.05, 0) is 12.5 Å². The largest absolute Gasteiger partial charge is 0.399 e. The highest BCUT2D eigenvalue weighted by molar-refractivity contribution is 5.48. The first kappa shape index (κ1) is 9.84. The summed E-state index contributed by atoms with van der Waals surface area (Å²) in [7, 11) is 0. The van der Waals surface area contributed by atoms with Crippen LogP contribution in [-0.2, 0) is 0 Å². The lowest BCUT2D eigenvalue weighted by Crippen LogP contribution is -2.03. The van der Waals surface area contributed by atoms with Crippen LogP contribution in [0.4, 0.5) is 11.5 Å². The van der Waals surface area contributed by atoms with Crippen LogP contribution in [0.1, 0.15) is 26.2 Å². The fourth-order valence-corrected chi connectivity index (χ4v) is 1.14. The van der Waals surface area contributed by atoms with Crippen molar-refractivity contribution in [2.45, 2.75) is 26.2 Å². The number of nitrogens with two attached hydrogens (primary N) is 1. The lowest BCUT2D eigenvalue weighted by Gasteiger charge is -2.04. The standard InChI is InChI=1S/C10H17N3/c1-2-3-4-6-12-10-8-9(11)5-7-13-10/h5,7-8H,2-4,6H2,1H3,(H3,11,12,13). The van der Waals surface area contributed by atoms with Gasteiger partial charge in [-0.1, -0.05) is 19.8 Å². The molecule has 72 valence electrons. The first-order valence-electron chi connectivity index (χ1n) is 4.78. The summed E-state index contributed by atoms with van der Waals surface area (Å²) in [4.78, 5) is 4.15. The number of rotatable bonds is 5. The van der Waals surface area contributed by atoms with Crippen molar-refractivity contribution >= 4 is 11.5 Å². The second-order valence-corrected chi connectivity index (χ2v) is 3.11. The van der Waals surface area contributed by atoms with Gasteiger partial charge in [-0.2, -0.15) is 0 Å². The molecule has 0 atom stereocenters. The number of nitrogen functional groups attached to an aromatic ring is 1. The Bertz CT molecular complexity index is 248. The highest BCUT2D eigenvalue weighted by Crippen LogP contribution is 2.07. The quantitative estimate of drug-likeness (QED) is 0.682. The molecule has 0 saturated heterocycles. The molecule has 3 heteroatoms. The molecule has 0 bridgehead atoms. The van der Waals surface area contributed by atoms with Crippen LogP contribution in [0, 0.1) is 0 Å². The molecule has 0 aliphatic heterocycles. The van der Waals surface area contributed by atoms with Gasteiger partial charge in [-0.25, -0.2) is 4.98 Å². The Hall–Kier alpha value is -1.25. The van der Waals surface area contributed by atoms with Crippen molar-refractivity contribution < 1.29 is 0 Å². The Labute approximate surface area is 79.4 Å². The van der Waals surface area contributed by atoms with E-state index in [0.717, 1.165) is 18.1 Å². The highest BCUT2D eigenvalue weighted by atomic mass is 15.0. The third-order valence-electron chi connectivity index (χ3n) is 1.87. The van der Waals surface area contributed by atoms with Crippen molar-refractivity contribution in [1.82, 2.24) is 4.98 Å². The Morgan fingerprint density at radius 2 is 2.31 bits per heavy atom. The third kappa shape index (κ3) is 3.78. The van der Waals surface area contributed by atoms with E-state index in [-0.39, 0.29) is 0 Å². The topological polar surface area (TPSA) is 50.9 Å². The van der Waals surface area contributed by atoms with Gasteiger partial charge in [0.2, 0.25) is 0 Å². The van der Waals surface area contributed by atoms with Crippen molar-refractivity contribution in [3.8, 4) is 0 Å². The number of aromatic nitrogens is 1. The monoisotopic (exact) mass is 179 g/mol. The van der Waals surface area contributed by atoms with Crippen LogP contribution >= 0.6 is 0 Å². The van der Waals surface area contributed by atoms with Gasteiger partial charge in [0, 0.05) is 24.5 Å². The first-order valence-corrected chi connectivity index (χ1v) is 4.78. The molecular formula is C10H17N3. The lowest BCUT2D eigenvalue weighted by atomic mass is 10.2. The van der Waals surface area contributed by atoms with E-state index in [0.29, 0.717) is 0 Å². The van der Waals surface area contributed by atoms with Crippen molar-refractivity contribution in [1.29, 1.82) is 0 Å². The number of hydrogen-bond acceptors (Lipinski definition) is 3. The molecular weight excluding hydrogens is 162 g/mol. The molecule has 0 radical (unpaired) electrons. The van der Waals surface area contributed by atoms with Crippen molar-refractivity contribution in [2.75, 3.05) is 17.6 Å². The van der Waals surface area contributed by atoms with Crippen LogP contribution in [0.25, 0.3) is 0 Å². The zero-order chi connectivity index (χ0) is 9.52.